The highest BCUT2D eigenvalue weighted by atomic mass is 35.5. The Morgan fingerprint density at radius 3 is 2.65 bits per heavy atom. The third kappa shape index (κ3) is 2.74. The Morgan fingerprint density at radius 1 is 1.04 bits per heavy atom. The molecule has 0 aromatic heterocycles. The van der Waals surface area contributed by atoms with Gasteiger partial charge in [0.2, 0.25) is 0 Å². The molecule has 1 radical (unpaired) electrons. The number of rotatable bonds is 0. The minimum absolute atomic E-state index is 0. The van der Waals surface area contributed by atoms with E-state index in [1.165, 1.54) is 18.4 Å². The van der Waals surface area contributed by atoms with Crippen LogP contribution in [0.5, 0.6) is 0 Å². The Kier molecular flexibility index (Phi) is 4.82. The molecule has 0 aliphatic heterocycles. The van der Waals surface area contributed by atoms with Crippen molar-refractivity contribution >= 4 is 11.6 Å². The Labute approximate surface area is 143 Å². The van der Waals surface area contributed by atoms with Crippen molar-refractivity contribution < 1.29 is 15.7 Å². The Hall–Kier alpha value is -0.530. The fraction of sp³-hybridized carbons (Fsp3) is 0.789. The summed E-state index contributed by atoms with van der Waals surface area (Å²) in [4.78, 5) is 0. The molecule has 3 N–H and O–H groups in total. The van der Waals surface area contributed by atoms with Gasteiger partial charge in [-0.2, -0.15) is 0 Å². The molecule has 4 aliphatic carbocycles. The molecule has 127 valence electrons. The van der Waals surface area contributed by atoms with Gasteiger partial charge in [0.05, 0.1) is 6.10 Å². The second-order valence-electron chi connectivity index (χ2n) is 7.89. The highest BCUT2D eigenvalue weighted by molar-refractivity contribution is 6.30. The van der Waals surface area contributed by atoms with Gasteiger partial charge in [-0.25, -0.2) is 0 Å². The van der Waals surface area contributed by atoms with Crippen LogP contribution >= 0.6 is 11.6 Å². The number of aliphatic hydroxyl groups excluding tert-OH is 1. The first-order valence-corrected chi connectivity index (χ1v) is 9.24. The van der Waals surface area contributed by atoms with E-state index in [1.807, 2.05) is 0 Å². The molecule has 3 nitrogen and oxygen atoms in total. The Balaban J connectivity index is 0.00000156. The Bertz CT molecular complexity index is 549. The summed E-state index contributed by atoms with van der Waals surface area (Å²) in [6, 6.07) is 0. The Morgan fingerprint density at radius 2 is 1.87 bits per heavy atom. The van der Waals surface area contributed by atoms with Crippen LogP contribution in [0.3, 0.4) is 0 Å². The molecule has 4 rings (SSSR count). The molecule has 0 saturated heterocycles. The molecule has 4 heteroatoms. The fourth-order valence-electron chi connectivity index (χ4n) is 6.24. The summed E-state index contributed by atoms with van der Waals surface area (Å²) in [7, 11) is 0. The zero-order valence-corrected chi connectivity index (χ0v) is 14.2. The zero-order chi connectivity index (χ0) is 15.3. The predicted octanol–water partition coefficient (Wildman–Crippen LogP) is 3.28. The maximum Gasteiger partial charge on any atom is 0.129 e. The molecule has 0 heterocycles. The van der Waals surface area contributed by atoms with E-state index in [4.69, 9.17) is 11.6 Å². The zero-order valence-electron chi connectivity index (χ0n) is 13.4. The molecule has 0 spiro atoms. The largest absolute Gasteiger partial charge is 0.389 e. The first-order valence-electron chi connectivity index (χ1n) is 8.86. The van der Waals surface area contributed by atoms with Gasteiger partial charge in [-0.05, 0) is 86.6 Å². The van der Waals surface area contributed by atoms with Crippen LogP contribution in [0, 0.1) is 40.9 Å². The molecule has 3 fully saturated rings. The fourth-order valence-corrected chi connectivity index (χ4v) is 6.41. The van der Waals surface area contributed by atoms with Crippen LogP contribution in [0.25, 0.3) is 0 Å². The summed E-state index contributed by atoms with van der Waals surface area (Å²) in [5.74, 6) is 6.04. The first kappa shape index (κ1) is 17.3. The smallest absolute Gasteiger partial charge is 0.129 e. The van der Waals surface area contributed by atoms with Crippen molar-refractivity contribution in [3.63, 3.8) is 0 Å². The van der Waals surface area contributed by atoms with E-state index in [2.05, 4.69) is 17.4 Å². The van der Waals surface area contributed by atoms with Crippen LogP contribution in [0.4, 0.5) is 0 Å². The van der Waals surface area contributed by atoms with E-state index >= 15 is 0 Å². The van der Waals surface area contributed by atoms with Gasteiger partial charge in [0, 0.05) is 11.3 Å². The van der Waals surface area contributed by atoms with E-state index in [0.717, 1.165) is 50.4 Å². The van der Waals surface area contributed by atoms with Crippen molar-refractivity contribution in [2.45, 2.75) is 63.1 Å². The highest BCUT2D eigenvalue weighted by Crippen LogP contribution is 2.59. The van der Waals surface area contributed by atoms with Crippen molar-refractivity contribution in [3.8, 4) is 11.3 Å². The number of fused-ring (bicyclic) bond motifs is 5. The lowest BCUT2D eigenvalue weighted by atomic mass is 9.55. The minimum Gasteiger partial charge on any atom is -0.389 e. The molecule has 23 heavy (non-hydrogen) atoms. The number of aliphatic hydroxyl groups is 2. The quantitative estimate of drug-likeness (QED) is 0.469. The van der Waals surface area contributed by atoms with Gasteiger partial charge >= 0.3 is 0 Å². The lowest BCUT2D eigenvalue weighted by Gasteiger charge is -2.50. The average Bonchev–Trinajstić information content (AvgIpc) is 2.84. The van der Waals surface area contributed by atoms with Crippen LogP contribution in [0.2, 0.25) is 0 Å². The average molecular weight is 338 g/mol. The van der Waals surface area contributed by atoms with Gasteiger partial charge in [-0.3, -0.25) is 5.48 Å². The molecule has 0 aromatic rings. The van der Waals surface area contributed by atoms with Crippen LogP contribution in [-0.2, 0) is 0 Å². The summed E-state index contributed by atoms with van der Waals surface area (Å²) in [6.07, 6.45) is 10.5. The molecule has 0 amide bonds. The third-order valence-electron chi connectivity index (χ3n) is 7.10. The molecule has 3 saturated carbocycles. The van der Waals surface area contributed by atoms with Gasteiger partial charge < -0.3 is 10.2 Å². The standard InChI is InChI=1S/C19H25ClO2.HO/c20-10-9-19(22)8-7-17-16-3-1-12-11-13(21)2-4-14(12)15(16)5-6-18(17)19;/h11,13-18,21-22H,1-8H2;1H/t13?,14-,15+,16+,17-,18-,19+;/m0./s1. The number of hydrogen-bond acceptors (Lipinski definition) is 2. The van der Waals surface area contributed by atoms with Crippen molar-refractivity contribution in [2.24, 2.45) is 29.6 Å². The maximum absolute atomic E-state index is 10.8. The van der Waals surface area contributed by atoms with Gasteiger partial charge in [0.25, 0.3) is 0 Å². The van der Waals surface area contributed by atoms with Gasteiger partial charge in [0.15, 0.2) is 0 Å². The lowest BCUT2D eigenvalue weighted by Crippen LogP contribution is -2.45. The van der Waals surface area contributed by atoms with E-state index in [1.54, 1.807) is 0 Å². The predicted molar refractivity (Wildman–Crippen MR) is 89.0 cm³/mol. The summed E-state index contributed by atoms with van der Waals surface area (Å²) in [5.41, 5.74) is 0.684. The summed E-state index contributed by atoms with van der Waals surface area (Å²) in [5, 5.41) is 23.2. The van der Waals surface area contributed by atoms with E-state index in [0.29, 0.717) is 17.8 Å². The van der Waals surface area contributed by atoms with Crippen molar-refractivity contribution in [1.29, 1.82) is 0 Å². The SMILES string of the molecule is OC1C=C2CC[C@@H]3[C@H](CC[C@H]4[C@H]3CC[C@@]4(O)C#CCl)[C@H]2CC1.[OH]. The van der Waals surface area contributed by atoms with Crippen molar-refractivity contribution in [2.75, 3.05) is 0 Å². The van der Waals surface area contributed by atoms with Crippen LogP contribution in [0.1, 0.15) is 51.4 Å². The van der Waals surface area contributed by atoms with E-state index in [9.17, 15) is 10.2 Å². The number of halogens is 1. The van der Waals surface area contributed by atoms with Crippen LogP contribution in [0.15, 0.2) is 11.6 Å². The van der Waals surface area contributed by atoms with Crippen LogP contribution in [-0.4, -0.2) is 27.4 Å². The van der Waals surface area contributed by atoms with Crippen LogP contribution < -0.4 is 0 Å². The molecule has 0 bridgehead atoms. The number of allylic oxidation sites excluding steroid dienone is 1. The third-order valence-corrected chi connectivity index (χ3v) is 7.20. The normalized spacial score (nSPS) is 47.9. The topological polar surface area (TPSA) is 70.5 Å². The molecule has 1 unspecified atom stereocenters. The van der Waals surface area contributed by atoms with E-state index < -0.39 is 5.60 Å². The highest BCUT2D eigenvalue weighted by Gasteiger charge is 2.55. The van der Waals surface area contributed by atoms with Gasteiger partial charge in [-0.15, -0.1) is 0 Å². The molecule has 0 aromatic carbocycles. The van der Waals surface area contributed by atoms with Crippen molar-refractivity contribution in [1.82, 2.24) is 0 Å². The van der Waals surface area contributed by atoms with E-state index in [-0.39, 0.29) is 11.6 Å². The minimum atomic E-state index is -0.837. The molecular formula is C19H26ClO3. The molecule has 4 aliphatic rings. The van der Waals surface area contributed by atoms with Gasteiger partial charge in [0.1, 0.15) is 5.60 Å². The molecule has 7 atom stereocenters. The summed E-state index contributed by atoms with van der Waals surface area (Å²) in [6.45, 7) is 0. The molecular weight excluding hydrogens is 312 g/mol. The second kappa shape index (κ2) is 6.41. The lowest BCUT2D eigenvalue weighted by molar-refractivity contribution is -0.0209. The van der Waals surface area contributed by atoms with Crippen molar-refractivity contribution in [3.05, 3.63) is 11.6 Å². The second-order valence-corrected chi connectivity index (χ2v) is 8.08. The summed E-state index contributed by atoms with van der Waals surface area (Å²) < 4.78 is 0. The number of hydrogen-bond donors (Lipinski definition) is 3. The first-order chi connectivity index (χ1) is 10.6. The summed E-state index contributed by atoms with van der Waals surface area (Å²) >= 11 is 5.59. The monoisotopic (exact) mass is 337 g/mol. The maximum atomic E-state index is 10.8. The van der Waals surface area contributed by atoms with Gasteiger partial charge in [-0.1, -0.05) is 17.6 Å².